The van der Waals surface area contributed by atoms with Crippen LogP contribution in [0.25, 0.3) is 0 Å². The second-order valence-corrected chi connectivity index (χ2v) is 7.88. The van der Waals surface area contributed by atoms with Gasteiger partial charge in [0.05, 0.1) is 18.3 Å². The first-order valence-electron chi connectivity index (χ1n) is 10.6. The van der Waals surface area contributed by atoms with Crippen molar-refractivity contribution < 1.29 is 9.21 Å². The van der Waals surface area contributed by atoms with Crippen LogP contribution in [0.3, 0.4) is 0 Å². The predicted octanol–water partition coefficient (Wildman–Crippen LogP) is 3.07. The van der Waals surface area contributed by atoms with Gasteiger partial charge in [-0.1, -0.05) is 32.6 Å². The van der Waals surface area contributed by atoms with Crippen LogP contribution in [0.5, 0.6) is 0 Å². The summed E-state index contributed by atoms with van der Waals surface area (Å²) in [5, 5.41) is 12.8. The summed E-state index contributed by atoms with van der Waals surface area (Å²) in [4.78, 5) is 16.9. The van der Waals surface area contributed by atoms with E-state index >= 15 is 0 Å². The van der Waals surface area contributed by atoms with Crippen molar-refractivity contribution in [2.75, 3.05) is 26.2 Å². The first-order valence-corrected chi connectivity index (χ1v) is 10.6. The maximum Gasteiger partial charge on any atom is 0.289 e. The molecule has 152 valence electrons. The maximum atomic E-state index is 12.5. The predicted molar refractivity (Wildman–Crippen MR) is 104 cm³/mol. The largest absolute Gasteiger partial charge is 0.459 e. The van der Waals surface area contributed by atoms with Crippen molar-refractivity contribution >= 4 is 5.91 Å². The van der Waals surface area contributed by atoms with Gasteiger partial charge < -0.3 is 9.32 Å². The number of aromatic nitrogens is 4. The minimum Gasteiger partial charge on any atom is -0.459 e. The van der Waals surface area contributed by atoms with Crippen molar-refractivity contribution in [3.63, 3.8) is 0 Å². The van der Waals surface area contributed by atoms with E-state index in [4.69, 9.17) is 4.42 Å². The number of hydrogen-bond donors (Lipinski definition) is 0. The number of carbonyl (C=O) groups is 1. The van der Waals surface area contributed by atoms with Crippen molar-refractivity contribution in [1.82, 2.24) is 30.0 Å². The summed E-state index contributed by atoms with van der Waals surface area (Å²) in [6.45, 7) is 5.26. The zero-order valence-electron chi connectivity index (χ0n) is 16.7. The fraction of sp³-hybridized carbons (Fsp3) is 0.700. The van der Waals surface area contributed by atoms with Gasteiger partial charge in [0.2, 0.25) is 0 Å². The van der Waals surface area contributed by atoms with Crippen LogP contribution in [0.15, 0.2) is 22.8 Å². The quantitative estimate of drug-likeness (QED) is 0.759. The summed E-state index contributed by atoms with van der Waals surface area (Å²) in [6.07, 6.45) is 9.83. The number of amides is 1. The fourth-order valence-corrected chi connectivity index (χ4v) is 4.55. The van der Waals surface area contributed by atoms with Crippen molar-refractivity contribution in [3.05, 3.63) is 30.0 Å². The third kappa shape index (κ3) is 3.97. The van der Waals surface area contributed by atoms with Gasteiger partial charge in [0.1, 0.15) is 0 Å². The van der Waals surface area contributed by atoms with Crippen LogP contribution in [0.2, 0.25) is 0 Å². The van der Waals surface area contributed by atoms with Gasteiger partial charge in [-0.25, -0.2) is 4.68 Å². The fourth-order valence-electron chi connectivity index (χ4n) is 4.55. The SMILES string of the molecule is CCC[C@H](c1nnnn1C1CCCCC1)N1CCN(C(=O)c2ccco2)CC1. The van der Waals surface area contributed by atoms with E-state index in [1.54, 1.807) is 18.4 Å². The molecule has 0 unspecified atom stereocenters. The topological polar surface area (TPSA) is 80.3 Å². The van der Waals surface area contributed by atoms with Gasteiger partial charge in [-0.15, -0.1) is 5.10 Å². The molecular weight excluding hydrogens is 356 g/mol. The van der Waals surface area contributed by atoms with Crippen molar-refractivity contribution in [3.8, 4) is 0 Å². The Kier molecular flexibility index (Phi) is 6.04. The molecule has 8 heteroatoms. The summed E-state index contributed by atoms with van der Waals surface area (Å²) in [6, 6.07) is 4.13. The summed E-state index contributed by atoms with van der Waals surface area (Å²) < 4.78 is 7.37. The second-order valence-electron chi connectivity index (χ2n) is 7.88. The minimum absolute atomic E-state index is 0.0243. The van der Waals surface area contributed by atoms with Crippen molar-refractivity contribution in [1.29, 1.82) is 0 Å². The highest BCUT2D eigenvalue weighted by Crippen LogP contribution is 2.32. The highest BCUT2D eigenvalue weighted by Gasteiger charge is 2.32. The van der Waals surface area contributed by atoms with Gasteiger partial charge in [0.15, 0.2) is 11.6 Å². The summed E-state index contributed by atoms with van der Waals surface area (Å²) in [5.74, 6) is 1.39. The number of hydrogen-bond acceptors (Lipinski definition) is 6. The Hall–Kier alpha value is -2.22. The van der Waals surface area contributed by atoms with Gasteiger partial charge in [0, 0.05) is 26.2 Å². The number of nitrogens with zero attached hydrogens (tertiary/aromatic N) is 6. The van der Waals surface area contributed by atoms with E-state index in [-0.39, 0.29) is 11.9 Å². The molecule has 1 aliphatic carbocycles. The molecule has 0 aromatic carbocycles. The Bertz CT molecular complexity index is 745. The highest BCUT2D eigenvalue weighted by atomic mass is 16.3. The molecule has 1 atom stereocenters. The van der Waals surface area contributed by atoms with E-state index in [0.717, 1.165) is 31.8 Å². The van der Waals surface area contributed by atoms with Crippen LogP contribution < -0.4 is 0 Å². The molecule has 4 rings (SSSR count). The molecule has 1 amide bonds. The first kappa shape index (κ1) is 19.1. The number of piperazine rings is 1. The van der Waals surface area contributed by atoms with E-state index in [2.05, 4.69) is 32.0 Å². The average Bonchev–Trinajstić information content (AvgIpc) is 3.44. The molecule has 1 aliphatic heterocycles. The summed E-state index contributed by atoms with van der Waals surface area (Å²) >= 11 is 0. The van der Waals surface area contributed by atoms with Crippen LogP contribution in [-0.2, 0) is 0 Å². The Morgan fingerprint density at radius 3 is 2.68 bits per heavy atom. The zero-order chi connectivity index (χ0) is 19.3. The molecule has 0 spiro atoms. The van der Waals surface area contributed by atoms with E-state index in [1.807, 2.05) is 4.90 Å². The van der Waals surface area contributed by atoms with Gasteiger partial charge in [-0.05, 0) is 41.8 Å². The molecular formula is C20H30N6O2. The maximum absolute atomic E-state index is 12.5. The molecule has 8 nitrogen and oxygen atoms in total. The number of tetrazole rings is 1. The Balaban J connectivity index is 1.45. The molecule has 1 saturated carbocycles. The van der Waals surface area contributed by atoms with E-state index < -0.39 is 0 Å². The third-order valence-electron chi connectivity index (χ3n) is 6.07. The lowest BCUT2D eigenvalue weighted by Gasteiger charge is -2.39. The van der Waals surface area contributed by atoms with Gasteiger partial charge >= 0.3 is 0 Å². The lowest BCUT2D eigenvalue weighted by atomic mass is 9.95. The number of rotatable bonds is 6. The average molecular weight is 387 g/mol. The third-order valence-corrected chi connectivity index (χ3v) is 6.07. The van der Waals surface area contributed by atoms with Crippen molar-refractivity contribution in [2.24, 2.45) is 0 Å². The van der Waals surface area contributed by atoms with Crippen LogP contribution in [0.4, 0.5) is 0 Å². The lowest BCUT2D eigenvalue weighted by Crippen LogP contribution is -2.50. The number of carbonyl (C=O) groups excluding carboxylic acids is 1. The molecule has 3 heterocycles. The molecule has 2 aliphatic rings. The standard InChI is InChI=1S/C20H30N6O2/c1-2-7-17(19-21-22-23-26(19)16-8-4-3-5-9-16)24-11-13-25(14-12-24)20(27)18-10-6-15-28-18/h6,10,15-17H,2-5,7-9,11-14H2,1H3/t17-/m1/s1. The minimum atomic E-state index is -0.0243. The molecule has 0 N–H and O–H groups in total. The second kappa shape index (κ2) is 8.86. The number of furan rings is 1. The van der Waals surface area contributed by atoms with E-state index in [0.29, 0.717) is 24.9 Å². The molecule has 28 heavy (non-hydrogen) atoms. The van der Waals surface area contributed by atoms with E-state index in [1.165, 1.54) is 32.1 Å². The van der Waals surface area contributed by atoms with Crippen LogP contribution in [-0.4, -0.2) is 62.1 Å². The zero-order valence-corrected chi connectivity index (χ0v) is 16.7. The van der Waals surface area contributed by atoms with Crippen molar-refractivity contribution in [2.45, 2.75) is 64.0 Å². The molecule has 0 bridgehead atoms. The smallest absolute Gasteiger partial charge is 0.289 e. The van der Waals surface area contributed by atoms with Crippen LogP contribution in [0, 0.1) is 0 Å². The lowest BCUT2D eigenvalue weighted by molar-refractivity contribution is 0.0511. The molecule has 2 aromatic heterocycles. The Morgan fingerprint density at radius 2 is 2.00 bits per heavy atom. The Morgan fingerprint density at radius 1 is 1.21 bits per heavy atom. The highest BCUT2D eigenvalue weighted by molar-refractivity contribution is 5.91. The summed E-state index contributed by atoms with van der Waals surface area (Å²) in [5.41, 5.74) is 0. The Labute approximate surface area is 165 Å². The monoisotopic (exact) mass is 386 g/mol. The van der Waals surface area contributed by atoms with Gasteiger partial charge in [-0.3, -0.25) is 9.69 Å². The first-order chi connectivity index (χ1) is 13.8. The molecule has 2 aromatic rings. The van der Waals surface area contributed by atoms with Gasteiger partial charge in [0.25, 0.3) is 5.91 Å². The summed E-state index contributed by atoms with van der Waals surface area (Å²) in [7, 11) is 0. The molecule has 1 saturated heterocycles. The normalized spacial score (nSPS) is 20.4. The molecule has 2 fully saturated rings. The van der Waals surface area contributed by atoms with Crippen LogP contribution in [0.1, 0.15) is 80.3 Å². The van der Waals surface area contributed by atoms with Gasteiger partial charge in [-0.2, -0.15) is 0 Å². The van der Waals surface area contributed by atoms with E-state index in [9.17, 15) is 4.79 Å². The van der Waals surface area contributed by atoms with Crippen LogP contribution >= 0.6 is 0 Å². The molecule has 0 radical (unpaired) electrons.